The van der Waals surface area contributed by atoms with E-state index >= 15 is 0 Å². The van der Waals surface area contributed by atoms with E-state index in [2.05, 4.69) is 37.2 Å². The van der Waals surface area contributed by atoms with Crippen LogP contribution in [-0.2, 0) is 0 Å². The zero-order chi connectivity index (χ0) is 15.4. The highest BCUT2D eigenvalue weighted by Crippen LogP contribution is 2.31. The van der Waals surface area contributed by atoms with Crippen LogP contribution in [0.4, 0.5) is 4.39 Å². The Labute approximate surface area is 141 Å². The van der Waals surface area contributed by atoms with Gasteiger partial charge >= 0.3 is 0 Å². The Morgan fingerprint density at radius 3 is 2.48 bits per heavy atom. The zero-order valence-electron chi connectivity index (χ0n) is 11.8. The minimum atomic E-state index is -0.260. The summed E-state index contributed by atoms with van der Waals surface area (Å²) in [5, 5.41) is 3.22. The highest BCUT2D eigenvalue weighted by atomic mass is 79.9. The molecule has 0 amide bonds. The second kappa shape index (κ2) is 7.38. The van der Waals surface area contributed by atoms with Crippen molar-refractivity contribution in [3.8, 4) is 5.75 Å². The molecule has 0 radical (unpaired) electrons. The molecular weight excluding hydrogens is 401 g/mol. The number of halogens is 3. The Bertz CT molecular complexity index is 613. The van der Waals surface area contributed by atoms with Crippen molar-refractivity contribution in [2.24, 2.45) is 0 Å². The van der Waals surface area contributed by atoms with Gasteiger partial charge in [0, 0.05) is 4.47 Å². The van der Waals surface area contributed by atoms with E-state index in [1.165, 1.54) is 12.1 Å². The molecule has 0 bridgehead atoms. The Hall–Kier alpha value is -0.910. The summed E-state index contributed by atoms with van der Waals surface area (Å²) in [4.78, 5) is 0. The fourth-order valence-corrected chi connectivity index (χ4v) is 3.23. The van der Waals surface area contributed by atoms with Gasteiger partial charge in [0.25, 0.3) is 0 Å². The molecule has 0 saturated carbocycles. The van der Waals surface area contributed by atoms with Gasteiger partial charge in [-0.25, -0.2) is 4.39 Å². The molecule has 1 atom stereocenters. The summed E-state index contributed by atoms with van der Waals surface area (Å²) in [6.07, 6.45) is 0. The van der Waals surface area contributed by atoms with Gasteiger partial charge in [-0.2, -0.15) is 0 Å². The Kier molecular flexibility index (Phi) is 5.79. The smallest absolute Gasteiger partial charge is 0.133 e. The first-order chi connectivity index (χ1) is 10.0. The normalized spacial score (nSPS) is 12.2. The summed E-state index contributed by atoms with van der Waals surface area (Å²) in [5.41, 5.74) is 1.89. The van der Waals surface area contributed by atoms with Crippen LogP contribution >= 0.6 is 31.9 Å². The van der Waals surface area contributed by atoms with Crippen molar-refractivity contribution >= 4 is 31.9 Å². The lowest BCUT2D eigenvalue weighted by Gasteiger charge is -2.19. The maximum absolute atomic E-state index is 13.6. The summed E-state index contributed by atoms with van der Waals surface area (Å²) in [6.45, 7) is 2.56. The summed E-state index contributed by atoms with van der Waals surface area (Å²) in [5.74, 6) is 0.543. The molecule has 2 aromatic carbocycles. The van der Waals surface area contributed by atoms with Crippen LogP contribution in [0.3, 0.4) is 0 Å². The SMILES string of the molecule is CCOc1ccc(C(NC)c2cc(F)cc(Br)c2)cc1Br. The third kappa shape index (κ3) is 4.05. The highest BCUT2D eigenvalue weighted by Gasteiger charge is 2.15. The molecule has 2 rings (SSSR count). The Balaban J connectivity index is 2.39. The van der Waals surface area contributed by atoms with E-state index < -0.39 is 0 Å². The molecule has 0 aliphatic carbocycles. The molecule has 5 heteroatoms. The van der Waals surface area contributed by atoms with Crippen LogP contribution < -0.4 is 10.1 Å². The van der Waals surface area contributed by atoms with Gasteiger partial charge in [0.1, 0.15) is 11.6 Å². The van der Waals surface area contributed by atoms with Crippen LogP contribution in [0.15, 0.2) is 45.3 Å². The van der Waals surface area contributed by atoms with Crippen molar-refractivity contribution in [3.63, 3.8) is 0 Å². The summed E-state index contributed by atoms with van der Waals surface area (Å²) in [6, 6.07) is 10.7. The third-order valence-corrected chi connectivity index (χ3v) is 4.17. The molecule has 0 aromatic heterocycles. The zero-order valence-corrected chi connectivity index (χ0v) is 15.0. The summed E-state index contributed by atoms with van der Waals surface area (Å²) in [7, 11) is 1.85. The Morgan fingerprint density at radius 2 is 1.90 bits per heavy atom. The van der Waals surface area contributed by atoms with E-state index in [1.807, 2.05) is 38.2 Å². The van der Waals surface area contributed by atoms with Crippen molar-refractivity contribution in [3.05, 3.63) is 62.3 Å². The second-order valence-corrected chi connectivity index (χ2v) is 6.32. The van der Waals surface area contributed by atoms with Crippen LogP contribution in [0, 0.1) is 5.82 Å². The van der Waals surface area contributed by atoms with E-state index in [0.29, 0.717) is 6.61 Å². The third-order valence-electron chi connectivity index (χ3n) is 3.10. The maximum Gasteiger partial charge on any atom is 0.133 e. The minimum Gasteiger partial charge on any atom is -0.493 e. The van der Waals surface area contributed by atoms with Crippen molar-refractivity contribution in [1.82, 2.24) is 5.32 Å². The van der Waals surface area contributed by atoms with Gasteiger partial charge in [-0.15, -0.1) is 0 Å². The first kappa shape index (κ1) is 16.5. The molecule has 0 fully saturated rings. The Morgan fingerprint density at radius 1 is 1.14 bits per heavy atom. The fraction of sp³-hybridized carbons (Fsp3) is 0.250. The molecule has 0 aliphatic rings. The molecule has 2 aromatic rings. The van der Waals surface area contributed by atoms with Gasteiger partial charge in [0.2, 0.25) is 0 Å². The molecule has 2 nitrogen and oxygen atoms in total. The van der Waals surface area contributed by atoms with Crippen molar-refractivity contribution in [2.75, 3.05) is 13.7 Å². The molecule has 0 aliphatic heterocycles. The topological polar surface area (TPSA) is 21.3 Å². The average Bonchev–Trinajstić information content (AvgIpc) is 2.41. The number of ether oxygens (including phenoxy) is 1. The van der Waals surface area contributed by atoms with Crippen LogP contribution in [0.2, 0.25) is 0 Å². The van der Waals surface area contributed by atoms with Crippen molar-refractivity contribution in [2.45, 2.75) is 13.0 Å². The van der Waals surface area contributed by atoms with Gasteiger partial charge in [-0.1, -0.05) is 22.0 Å². The minimum absolute atomic E-state index is 0.0935. The first-order valence-corrected chi connectivity index (χ1v) is 8.19. The predicted octanol–water partition coefficient (Wildman–Crippen LogP) is 5.06. The average molecular weight is 417 g/mol. The van der Waals surface area contributed by atoms with Crippen molar-refractivity contribution < 1.29 is 9.13 Å². The van der Waals surface area contributed by atoms with E-state index in [0.717, 1.165) is 25.8 Å². The van der Waals surface area contributed by atoms with E-state index in [9.17, 15) is 4.39 Å². The van der Waals surface area contributed by atoms with Gasteiger partial charge in [-0.3, -0.25) is 0 Å². The molecular formula is C16H16Br2FNO. The summed E-state index contributed by atoms with van der Waals surface area (Å²) >= 11 is 6.84. The highest BCUT2D eigenvalue weighted by molar-refractivity contribution is 9.10. The number of hydrogen-bond donors (Lipinski definition) is 1. The maximum atomic E-state index is 13.6. The first-order valence-electron chi connectivity index (χ1n) is 6.60. The fourth-order valence-electron chi connectivity index (χ4n) is 2.24. The molecule has 1 N–H and O–H groups in total. The van der Waals surface area contributed by atoms with Crippen LogP contribution in [-0.4, -0.2) is 13.7 Å². The van der Waals surface area contributed by atoms with Gasteiger partial charge in [-0.05, 0) is 71.4 Å². The summed E-state index contributed by atoms with van der Waals surface area (Å²) < 4.78 is 20.7. The standard InChI is InChI=1S/C16H16Br2FNO/c1-3-21-15-5-4-10(8-14(15)18)16(20-2)11-6-12(17)9-13(19)7-11/h4-9,16,20H,3H2,1-2H3. The number of benzene rings is 2. The largest absolute Gasteiger partial charge is 0.493 e. The van der Waals surface area contributed by atoms with Crippen molar-refractivity contribution in [1.29, 1.82) is 0 Å². The molecule has 112 valence electrons. The molecule has 0 saturated heterocycles. The lowest BCUT2D eigenvalue weighted by atomic mass is 9.99. The lowest BCUT2D eigenvalue weighted by molar-refractivity contribution is 0.338. The molecule has 0 spiro atoms. The van der Waals surface area contributed by atoms with Gasteiger partial charge in [0.05, 0.1) is 17.1 Å². The molecule has 21 heavy (non-hydrogen) atoms. The van der Waals surface area contributed by atoms with Gasteiger partial charge in [0.15, 0.2) is 0 Å². The second-order valence-electron chi connectivity index (χ2n) is 4.55. The van der Waals surface area contributed by atoms with Crippen LogP contribution in [0.1, 0.15) is 24.1 Å². The molecule has 1 unspecified atom stereocenters. The number of rotatable bonds is 5. The van der Waals surface area contributed by atoms with E-state index in [-0.39, 0.29) is 11.9 Å². The monoisotopic (exact) mass is 415 g/mol. The molecule has 0 heterocycles. The predicted molar refractivity (Wildman–Crippen MR) is 90.3 cm³/mol. The number of nitrogens with one attached hydrogen (secondary N) is 1. The lowest BCUT2D eigenvalue weighted by Crippen LogP contribution is -2.18. The van der Waals surface area contributed by atoms with Gasteiger partial charge < -0.3 is 10.1 Å². The van der Waals surface area contributed by atoms with E-state index in [4.69, 9.17) is 4.74 Å². The quantitative estimate of drug-likeness (QED) is 0.735. The van der Waals surface area contributed by atoms with Crippen LogP contribution in [0.25, 0.3) is 0 Å². The number of hydrogen-bond acceptors (Lipinski definition) is 2. The van der Waals surface area contributed by atoms with E-state index in [1.54, 1.807) is 0 Å². The van der Waals surface area contributed by atoms with Crippen LogP contribution in [0.5, 0.6) is 5.75 Å².